The minimum absolute atomic E-state index is 0.604. The van der Waals surface area contributed by atoms with Gasteiger partial charge in [-0.3, -0.25) is 0 Å². The molecule has 0 aliphatic rings. The molecule has 2 heterocycles. The number of nitrogens with one attached hydrogen (secondary N) is 1. The second-order valence-electron chi connectivity index (χ2n) is 3.16. The minimum atomic E-state index is 0.604. The van der Waals surface area contributed by atoms with Crippen LogP contribution in [0, 0.1) is 0 Å². The molecule has 0 saturated heterocycles. The number of ether oxygens (including phenoxy) is 1. The van der Waals surface area contributed by atoms with Crippen molar-refractivity contribution in [2.75, 3.05) is 7.11 Å². The number of H-pyrrole nitrogens is 1. The van der Waals surface area contributed by atoms with Gasteiger partial charge in [0.25, 0.3) is 0 Å². The molecule has 0 spiro atoms. The molecule has 14 heavy (non-hydrogen) atoms. The van der Waals surface area contributed by atoms with E-state index >= 15 is 0 Å². The van der Waals surface area contributed by atoms with Crippen molar-refractivity contribution in [2.24, 2.45) is 0 Å². The van der Waals surface area contributed by atoms with Gasteiger partial charge in [0.2, 0.25) is 5.88 Å². The third-order valence-electron chi connectivity index (χ3n) is 2.07. The maximum Gasteiger partial charge on any atom is 0.215 e. The zero-order valence-corrected chi connectivity index (χ0v) is 8.37. The standard InChI is InChI=1S/C10H13N3O/c1-3-4-8-11-7-5-6-9(14-2)13-10(7)12-8/h5-6H,3-4H2,1-2H3,(H,11,12,13). The summed E-state index contributed by atoms with van der Waals surface area (Å²) in [6.07, 6.45) is 2.04. The van der Waals surface area contributed by atoms with Crippen molar-refractivity contribution < 1.29 is 4.74 Å². The first-order chi connectivity index (χ1) is 6.83. The lowest BCUT2D eigenvalue weighted by molar-refractivity contribution is 0.399. The molecule has 0 radical (unpaired) electrons. The quantitative estimate of drug-likeness (QED) is 0.806. The molecule has 2 aromatic heterocycles. The average Bonchev–Trinajstić information content (AvgIpc) is 2.59. The number of methoxy groups -OCH3 is 1. The number of aromatic amines is 1. The van der Waals surface area contributed by atoms with Crippen molar-refractivity contribution in [2.45, 2.75) is 19.8 Å². The highest BCUT2D eigenvalue weighted by Gasteiger charge is 2.03. The molecule has 0 aliphatic heterocycles. The molecular formula is C10H13N3O. The van der Waals surface area contributed by atoms with Crippen molar-refractivity contribution >= 4 is 11.2 Å². The molecule has 2 aromatic rings. The highest BCUT2D eigenvalue weighted by Crippen LogP contribution is 2.14. The van der Waals surface area contributed by atoms with E-state index in [1.807, 2.05) is 12.1 Å². The summed E-state index contributed by atoms with van der Waals surface area (Å²) >= 11 is 0. The number of rotatable bonds is 3. The highest BCUT2D eigenvalue weighted by atomic mass is 16.5. The summed E-state index contributed by atoms with van der Waals surface area (Å²) in [6, 6.07) is 3.77. The maximum atomic E-state index is 5.03. The van der Waals surface area contributed by atoms with E-state index in [2.05, 4.69) is 21.9 Å². The fourth-order valence-corrected chi connectivity index (χ4v) is 1.39. The van der Waals surface area contributed by atoms with Gasteiger partial charge in [-0.1, -0.05) is 6.92 Å². The van der Waals surface area contributed by atoms with Crippen LogP contribution in [0.4, 0.5) is 0 Å². The van der Waals surface area contributed by atoms with E-state index in [1.54, 1.807) is 7.11 Å². The number of imidazole rings is 1. The second-order valence-corrected chi connectivity index (χ2v) is 3.16. The molecule has 0 saturated carbocycles. The van der Waals surface area contributed by atoms with Crippen LogP contribution in [0.2, 0.25) is 0 Å². The first kappa shape index (κ1) is 8.99. The number of pyridine rings is 1. The van der Waals surface area contributed by atoms with Gasteiger partial charge in [-0.25, -0.2) is 4.98 Å². The molecule has 0 aliphatic carbocycles. The summed E-state index contributed by atoms with van der Waals surface area (Å²) in [5.41, 5.74) is 1.70. The zero-order valence-electron chi connectivity index (χ0n) is 8.37. The summed E-state index contributed by atoms with van der Waals surface area (Å²) in [5, 5.41) is 0. The lowest BCUT2D eigenvalue weighted by Crippen LogP contribution is -1.87. The second kappa shape index (κ2) is 3.65. The average molecular weight is 191 g/mol. The normalized spacial score (nSPS) is 10.7. The summed E-state index contributed by atoms with van der Waals surface area (Å²) in [5.74, 6) is 1.59. The van der Waals surface area contributed by atoms with E-state index in [4.69, 9.17) is 4.74 Å². The van der Waals surface area contributed by atoms with Crippen LogP contribution in [0.1, 0.15) is 19.2 Å². The van der Waals surface area contributed by atoms with Crippen molar-refractivity contribution in [1.29, 1.82) is 0 Å². The smallest absolute Gasteiger partial charge is 0.215 e. The summed E-state index contributed by atoms with van der Waals surface area (Å²) in [4.78, 5) is 11.8. The van der Waals surface area contributed by atoms with Gasteiger partial charge in [0.05, 0.1) is 12.6 Å². The van der Waals surface area contributed by atoms with Crippen LogP contribution in [0.5, 0.6) is 5.88 Å². The molecule has 0 fully saturated rings. The van der Waals surface area contributed by atoms with Crippen LogP contribution in [0.3, 0.4) is 0 Å². The van der Waals surface area contributed by atoms with Crippen LogP contribution < -0.4 is 4.74 Å². The highest BCUT2D eigenvalue weighted by molar-refractivity contribution is 5.71. The molecule has 1 N–H and O–H groups in total. The number of hydrogen-bond acceptors (Lipinski definition) is 3. The van der Waals surface area contributed by atoms with Crippen molar-refractivity contribution in [3.05, 3.63) is 18.0 Å². The van der Waals surface area contributed by atoms with Crippen LogP contribution in [-0.4, -0.2) is 22.1 Å². The molecule has 4 nitrogen and oxygen atoms in total. The van der Waals surface area contributed by atoms with Gasteiger partial charge in [-0.05, 0) is 12.5 Å². The van der Waals surface area contributed by atoms with Crippen molar-refractivity contribution in [1.82, 2.24) is 15.0 Å². The fourth-order valence-electron chi connectivity index (χ4n) is 1.39. The van der Waals surface area contributed by atoms with Gasteiger partial charge in [0, 0.05) is 12.5 Å². The topological polar surface area (TPSA) is 50.8 Å². The molecule has 4 heteroatoms. The maximum absolute atomic E-state index is 5.03. The molecule has 0 bridgehead atoms. The monoisotopic (exact) mass is 191 g/mol. The Labute approximate surface area is 82.3 Å². The van der Waals surface area contributed by atoms with Crippen LogP contribution in [0.25, 0.3) is 11.2 Å². The van der Waals surface area contributed by atoms with E-state index in [1.165, 1.54) is 0 Å². The number of hydrogen-bond donors (Lipinski definition) is 1. The first-order valence-electron chi connectivity index (χ1n) is 4.73. The van der Waals surface area contributed by atoms with Gasteiger partial charge in [-0.15, -0.1) is 0 Å². The van der Waals surface area contributed by atoms with Crippen LogP contribution in [0.15, 0.2) is 12.1 Å². The van der Waals surface area contributed by atoms with Crippen molar-refractivity contribution in [3.8, 4) is 5.88 Å². The summed E-state index contributed by atoms with van der Waals surface area (Å²) in [6.45, 7) is 2.13. The van der Waals surface area contributed by atoms with E-state index in [-0.39, 0.29) is 0 Å². The predicted octanol–water partition coefficient (Wildman–Crippen LogP) is 1.92. The van der Waals surface area contributed by atoms with Crippen molar-refractivity contribution in [3.63, 3.8) is 0 Å². The number of fused-ring (bicyclic) bond motifs is 1. The third-order valence-corrected chi connectivity index (χ3v) is 2.07. The molecule has 0 aromatic carbocycles. The Morgan fingerprint density at radius 1 is 1.36 bits per heavy atom. The van der Waals surface area contributed by atoms with Crippen LogP contribution >= 0.6 is 0 Å². The van der Waals surface area contributed by atoms with E-state index in [0.29, 0.717) is 5.88 Å². The van der Waals surface area contributed by atoms with E-state index in [0.717, 1.165) is 29.8 Å². The van der Waals surface area contributed by atoms with Gasteiger partial charge >= 0.3 is 0 Å². The zero-order chi connectivity index (χ0) is 9.97. The Kier molecular flexibility index (Phi) is 2.35. The Balaban J connectivity index is 2.43. The first-order valence-corrected chi connectivity index (χ1v) is 4.73. The predicted molar refractivity (Wildman–Crippen MR) is 54.4 cm³/mol. The molecule has 2 rings (SSSR count). The number of aryl methyl sites for hydroxylation is 1. The Hall–Kier alpha value is -1.58. The summed E-state index contributed by atoms with van der Waals surface area (Å²) < 4.78 is 5.03. The van der Waals surface area contributed by atoms with Gasteiger partial charge in [0.1, 0.15) is 5.82 Å². The molecule has 0 unspecified atom stereocenters. The van der Waals surface area contributed by atoms with Gasteiger partial charge < -0.3 is 9.72 Å². The molecular weight excluding hydrogens is 178 g/mol. The molecule has 0 amide bonds. The van der Waals surface area contributed by atoms with Gasteiger partial charge in [0.15, 0.2) is 5.65 Å². The minimum Gasteiger partial charge on any atom is -0.481 e. The Morgan fingerprint density at radius 2 is 2.21 bits per heavy atom. The van der Waals surface area contributed by atoms with Crippen LogP contribution in [-0.2, 0) is 6.42 Å². The lowest BCUT2D eigenvalue weighted by Gasteiger charge is -1.95. The lowest BCUT2D eigenvalue weighted by atomic mass is 10.3. The third kappa shape index (κ3) is 1.55. The Morgan fingerprint density at radius 3 is 2.93 bits per heavy atom. The SMILES string of the molecule is CCCc1nc2nc(OC)ccc2[nH]1. The van der Waals surface area contributed by atoms with E-state index < -0.39 is 0 Å². The fraction of sp³-hybridized carbons (Fsp3) is 0.400. The Bertz CT molecular complexity index is 436. The molecule has 0 atom stereocenters. The van der Waals surface area contributed by atoms with E-state index in [9.17, 15) is 0 Å². The van der Waals surface area contributed by atoms with Gasteiger partial charge in [-0.2, -0.15) is 4.98 Å². The molecule has 74 valence electrons. The number of nitrogens with zero attached hydrogens (tertiary/aromatic N) is 2. The largest absolute Gasteiger partial charge is 0.481 e. The number of aromatic nitrogens is 3. The summed E-state index contributed by atoms with van der Waals surface area (Å²) in [7, 11) is 1.60.